The average Bonchev–Trinajstić information content (AvgIpc) is 2.36. The number of rotatable bonds is 3. The predicted molar refractivity (Wildman–Crippen MR) is 68.1 cm³/mol. The molecule has 19 heavy (non-hydrogen) atoms. The van der Waals surface area contributed by atoms with Crippen molar-refractivity contribution in [2.24, 2.45) is 0 Å². The zero-order chi connectivity index (χ0) is 14.0. The molecule has 2 N–H and O–H groups in total. The molecule has 0 aliphatic rings. The molecule has 0 atom stereocenters. The van der Waals surface area contributed by atoms with Gasteiger partial charge in [-0.15, -0.1) is 0 Å². The third-order valence-electron chi connectivity index (χ3n) is 2.41. The van der Waals surface area contributed by atoms with Crippen LogP contribution in [0.5, 0.6) is 0 Å². The Hall–Kier alpha value is -2.14. The van der Waals surface area contributed by atoms with E-state index in [-0.39, 0.29) is 16.3 Å². The highest BCUT2D eigenvalue weighted by molar-refractivity contribution is 6.33. The second kappa shape index (κ2) is 5.24. The maximum atomic E-state index is 13.0. The molecule has 2 rings (SSSR count). The number of aromatic carboxylic acids is 1. The van der Waals surface area contributed by atoms with E-state index in [2.05, 4.69) is 5.32 Å². The van der Waals surface area contributed by atoms with Gasteiger partial charge in [-0.25, -0.2) is 13.6 Å². The van der Waals surface area contributed by atoms with Crippen LogP contribution < -0.4 is 5.32 Å². The van der Waals surface area contributed by atoms with Gasteiger partial charge < -0.3 is 10.4 Å². The smallest absolute Gasteiger partial charge is 0.335 e. The van der Waals surface area contributed by atoms with Gasteiger partial charge in [-0.2, -0.15) is 0 Å². The van der Waals surface area contributed by atoms with E-state index >= 15 is 0 Å². The highest BCUT2D eigenvalue weighted by Gasteiger charge is 2.09. The number of hydrogen-bond donors (Lipinski definition) is 2. The van der Waals surface area contributed by atoms with Crippen molar-refractivity contribution >= 4 is 28.9 Å². The van der Waals surface area contributed by atoms with Crippen LogP contribution in [-0.2, 0) is 0 Å². The first-order valence-corrected chi connectivity index (χ1v) is 5.60. The Morgan fingerprint density at radius 1 is 1.11 bits per heavy atom. The van der Waals surface area contributed by atoms with Crippen LogP contribution in [0.15, 0.2) is 36.4 Å². The fourth-order valence-corrected chi connectivity index (χ4v) is 1.65. The summed E-state index contributed by atoms with van der Waals surface area (Å²) in [7, 11) is 0. The van der Waals surface area contributed by atoms with Crippen molar-refractivity contribution < 1.29 is 18.7 Å². The molecule has 0 aliphatic heterocycles. The predicted octanol–water partition coefficient (Wildman–Crippen LogP) is 4.06. The van der Waals surface area contributed by atoms with Crippen LogP contribution in [0.4, 0.5) is 20.2 Å². The number of benzene rings is 2. The van der Waals surface area contributed by atoms with Gasteiger partial charge >= 0.3 is 5.97 Å². The van der Waals surface area contributed by atoms with E-state index < -0.39 is 17.6 Å². The van der Waals surface area contributed by atoms with Crippen LogP contribution in [-0.4, -0.2) is 11.1 Å². The molecule has 98 valence electrons. The van der Waals surface area contributed by atoms with E-state index in [1.54, 1.807) is 0 Å². The summed E-state index contributed by atoms with van der Waals surface area (Å²) >= 11 is 5.90. The van der Waals surface area contributed by atoms with Crippen LogP contribution >= 0.6 is 11.6 Å². The summed E-state index contributed by atoms with van der Waals surface area (Å²) in [4.78, 5) is 10.8. The average molecular weight is 284 g/mol. The number of hydrogen-bond acceptors (Lipinski definition) is 2. The van der Waals surface area contributed by atoms with Crippen LogP contribution in [0.2, 0.25) is 5.02 Å². The maximum Gasteiger partial charge on any atom is 0.335 e. The third kappa shape index (κ3) is 3.00. The Labute approximate surface area is 112 Å². The first-order chi connectivity index (χ1) is 8.97. The fraction of sp³-hybridized carbons (Fsp3) is 0. The Morgan fingerprint density at radius 3 is 2.47 bits per heavy atom. The highest BCUT2D eigenvalue weighted by Crippen LogP contribution is 2.27. The van der Waals surface area contributed by atoms with E-state index in [1.807, 2.05) is 0 Å². The summed E-state index contributed by atoms with van der Waals surface area (Å²) in [5.41, 5.74) is 0.602. The molecule has 0 heterocycles. The van der Waals surface area contributed by atoms with Gasteiger partial charge in [0.2, 0.25) is 0 Å². The molecule has 2 aromatic rings. The molecule has 6 heteroatoms. The molecular weight excluding hydrogens is 276 g/mol. The summed E-state index contributed by atoms with van der Waals surface area (Å²) in [6, 6.07) is 7.31. The van der Waals surface area contributed by atoms with Crippen LogP contribution in [0.25, 0.3) is 0 Å². The lowest BCUT2D eigenvalue weighted by molar-refractivity contribution is 0.0697. The van der Waals surface area contributed by atoms with Crippen LogP contribution in [0.3, 0.4) is 0 Å². The molecule has 3 nitrogen and oxygen atoms in total. The monoisotopic (exact) mass is 283 g/mol. The van der Waals surface area contributed by atoms with Gasteiger partial charge in [0, 0.05) is 11.8 Å². The molecule has 0 unspecified atom stereocenters. The second-order valence-corrected chi connectivity index (χ2v) is 4.16. The molecule has 0 bridgehead atoms. The van der Waals surface area contributed by atoms with Crippen molar-refractivity contribution in [1.29, 1.82) is 0 Å². The lowest BCUT2D eigenvalue weighted by Crippen LogP contribution is -1.99. The summed E-state index contributed by atoms with van der Waals surface area (Å²) in [6.07, 6.45) is 0. The standard InChI is InChI=1S/C13H8ClF2NO2/c14-9-3-1-7(13(18)19)5-12(9)17-8-2-4-10(15)11(16)6-8/h1-6,17H,(H,18,19). The van der Waals surface area contributed by atoms with Gasteiger partial charge in [0.25, 0.3) is 0 Å². The summed E-state index contributed by atoms with van der Waals surface area (Å²) < 4.78 is 25.8. The molecule has 0 saturated heterocycles. The second-order valence-electron chi connectivity index (χ2n) is 3.75. The zero-order valence-electron chi connectivity index (χ0n) is 9.45. The molecule has 0 spiro atoms. The van der Waals surface area contributed by atoms with Gasteiger partial charge in [0.05, 0.1) is 16.3 Å². The zero-order valence-corrected chi connectivity index (χ0v) is 10.2. The Morgan fingerprint density at radius 2 is 1.84 bits per heavy atom. The quantitative estimate of drug-likeness (QED) is 0.893. The molecule has 0 aliphatic carbocycles. The number of carboxylic acids is 1. The molecule has 0 fully saturated rings. The third-order valence-corrected chi connectivity index (χ3v) is 2.74. The SMILES string of the molecule is O=C(O)c1ccc(Cl)c(Nc2ccc(F)c(F)c2)c1. The molecular formula is C13H8ClF2NO2. The van der Waals surface area contributed by atoms with Crippen molar-refractivity contribution in [2.45, 2.75) is 0 Å². The van der Waals surface area contributed by atoms with Gasteiger partial charge in [0.15, 0.2) is 11.6 Å². The lowest BCUT2D eigenvalue weighted by atomic mass is 10.2. The van der Waals surface area contributed by atoms with Crippen molar-refractivity contribution in [3.05, 3.63) is 58.6 Å². The molecule has 2 aromatic carbocycles. The minimum absolute atomic E-state index is 0.0366. The Balaban J connectivity index is 2.34. The number of anilines is 2. The van der Waals surface area contributed by atoms with Crippen molar-refractivity contribution in [3.63, 3.8) is 0 Å². The van der Waals surface area contributed by atoms with E-state index in [0.717, 1.165) is 12.1 Å². The van der Waals surface area contributed by atoms with Crippen molar-refractivity contribution in [1.82, 2.24) is 0 Å². The lowest BCUT2D eigenvalue weighted by Gasteiger charge is -2.09. The van der Waals surface area contributed by atoms with Gasteiger partial charge in [-0.1, -0.05) is 11.6 Å². The largest absolute Gasteiger partial charge is 0.478 e. The van der Waals surface area contributed by atoms with Crippen molar-refractivity contribution in [3.8, 4) is 0 Å². The van der Waals surface area contributed by atoms with Crippen LogP contribution in [0, 0.1) is 11.6 Å². The minimum Gasteiger partial charge on any atom is -0.478 e. The first-order valence-electron chi connectivity index (χ1n) is 5.22. The van der Waals surface area contributed by atoms with E-state index in [0.29, 0.717) is 5.69 Å². The maximum absolute atomic E-state index is 13.0. The summed E-state index contributed by atoms with van der Waals surface area (Å²) in [5.74, 6) is -3.07. The fourth-order valence-electron chi connectivity index (χ4n) is 1.48. The Kier molecular flexibility index (Phi) is 3.66. The topological polar surface area (TPSA) is 49.3 Å². The van der Waals surface area contributed by atoms with E-state index in [1.165, 1.54) is 24.3 Å². The van der Waals surface area contributed by atoms with E-state index in [4.69, 9.17) is 16.7 Å². The van der Waals surface area contributed by atoms with E-state index in [9.17, 15) is 13.6 Å². The van der Waals surface area contributed by atoms with Gasteiger partial charge in [0.1, 0.15) is 0 Å². The first kappa shape index (κ1) is 13.3. The van der Waals surface area contributed by atoms with Gasteiger partial charge in [-0.3, -0.25) is 0 Å². The molecule has 0 saturated carbocycles. The molecule has 0 aromatic heterocycles. The molecule has 0 radical (unpaired) electrons. The number of halogens is 3. The molecule has 0 amide bonds. The Bertz CT molecular complexity index is 647. The highest BCUT2D eigenvalue weighted by atomic mass is 35.5. The number of carboxylic acid groups (broad SMARTS) is 1. The van der Waals surface area contributed by atoms with Gasteiger partial charge in [-0.05, 0) is 30.3 Å². The van der Waals surface area contributed by atoms with Crippen molar-refractivity contribution in [2.75, 3.05) is 5.32 Å². The summed E-state index contributed by atoms with van der Waals surface area (Å²) in [5, 5.41) is 11.9. The normalized spacial score (nSPS) is 10.3. The number of nitrogens with one attached hydrogen (secondary N) is 1. The summed E-state index contributed by atoms with van der Waals surface area (Å²) in [6.45, 7) is 0. The minimum atomic E-state index is -1.11. The van der Waals surface area contributed by atoms with Crippen LogP contribution in [0.1, 0.15) is 10.4 Å². The number of carbonyl (C=O) groups is 1.